The third kappa shape index (κ3) is 3.06. The SMILES string of the molecule is Cc1nc(N2CCC[C@@H](C(=O)N3CCOCC3)C2)c2cnn(C)c2n1. The first-order valence-corrected chi connectivity index (χ1v) is 8.91. The van der Waals surface area contributed by atoms with Crippen molar-refractivity contribution < 1.29 is 9.53 Å². The molecule has 2 aliphatic rings. The number of carbonyl (C=O) groups excluding carboxylic acids is 1. The maximum absolute atomic E-state index is 12.9. The molecule has 0 spiro atoms. The number of aromatic nitrogens is 4. The Balaban J connectivity index is 1.58. The van der Waals surface area contributed by atoms with Gasteiger partial charge in [0, 0.05) is 33.2 Å². The number of amides is 1. The molecule has 0 radical (unpaired) electrons. The Labute approximate surface area is 146 Å². The number of hydrogen-bond acceptors (Lipinski definition) is 6. The Morgan fingerprint density at radius 3 is 2.84 bits per heavy atom. The van der Waals surface area contributed by atoms with Gasteiger partial charge >= 0.3 is 0 Å². The molecule has 4 heterocycles. The van der Waals surface area contributed by atoms with Crippen LogP contribution in [-0.4, -0.2) is 69.9 Å². The molecular weight excluding hydrogens is 320 g/mol. The minimum Gasteiger partial charge on any atom is -0.378 e. The number of anilines is 1. The summed E-state index contributed by atoms with van der Waals surface area (Å²) in [5, 5.41) is 5.27. The van der Waals surface area contributed by atoms with Crippen molar-refractivity contribution in [1.82, 2.24) is 24.6 Å². The van der Waals surface area contributed by atoms with Crippen molar-refractivity contribution >= 4 is 22.8 Å². The molecule has 8 nitrogen and oxygen atoms in total. The molecule has 0 bridgehead atoms. The van der Waals surface area contributed by atoms with Crippen LogP contribution in [0.25, 0.3) is 11.0 Å². The average molecular weight is 344 g/mol. The van der Waals surface area contributed by atoms with E-state index in [2.05, 4.69) is 20.0 Å². The van der Waals surface area contributed by atoms with Crippen molar-refractivity contribution in [3.05, 3.63) is 12.0 Å². The van der Waals surface area contributed by atoms with Crippen molar-refractivity contribution in [2.75, 3.05) is 44.3 Å². The fraction of sp³-hybridized carbons (Fsp3) is 0.647. The fourth-order valence-corrected chi connectivity index (χ4v) is 3.77. The summed E-state index contributed by atoms with van der Waals surface area (Å²) in [5.41, 5.74) is 0.837. The molecule has 0 unspecified atom stereocenters. The Kier molecular flexibility index (Phi) is 4.29. The van der Waals surface area contributed by atoms with Crippen molar-refractivity contribution in [1.29, 1.82) is 0 Å². The van der Waals surface area contributed by atoms with Gasteiger partial charge in [0.1, 0.15) is 11.6 Å². The van der Waals surface area contributed by atoms with Crippen molar-refractivity contribution in [3.8, 4) is 0 Å². The lowest BCUT2D eigenvalue weighted by Gasteiger charge is -2.36. The summed E-state index contributed by atoms with van der Waals surface area (Å²) >= 11 is 0. The molecule has 2 aromatic heterocycles. The maximum Gasteiger partial charge on any atom is 0.227 e. The van der Waals surface area contributed by atoms with Gasteiger partial charge in [-0.3, -0.25) is 9.48 Å². The summed E-state index contributed by atoms with van der Waals surface area (Å²) in [6, 6.07) is 0. The second-order valence-electron chi connectivity index (χ2n) is 6.82. The Hall–Kier alpha value is -2.22. The van der Waals surface area contributed by atoms with Gasteiger partial charge in [-0.15, -0.1) is 0 Å². The average Bonchev–Trinajstić information content (AvgIpc) is 3.02. The third-order valence-corrected chi connectivity index (χ3v) is 5.08. The van der Waals surface area contributed by atoms with E-state index in [1.165, 1.54) is 0 Å². The first-order chi connectivity index (χ1) is 12.1. The van der Waals surface area contributed by atoms with Gasteiger partial charge in [-0.05, 0) is 19.8 Å². The van der Waals surface area contributed by atoms with E-state index in [1.54, 1.807) is 4.68 Å². The number of rotatable bonds is 2. The molecule has 0 saturated carbocycles. The van der Waals surface area contributed by atoms with Crippen LogP contribution in [0.15, 0.2) is 6.20 Å². The summed E-state index contributed by atoms with van der Waals surface area (Å²) in [6.45, 7) is 6.21. The minimum atomic E-state index is 0.0221. The molecule has 2 saturated heterocycles. The van der Waals surface area contributed by atoms with Crippen LogP contribution < -0.4 is 4.90 Å². The highest BCUT2D eigenvalue weighted by Crippen LogP contribution is 2.28. The van der Waals surface area contributed by atoms with Gasteiger partial charge in [-0.2, -0.15) is 5.10 Å². The lowest BCUT2D eigenvalue weighted by atomic mass is 9.96. The van der Waals surface area contributed by atoms with Gasteiger partial charge in [0.15, 0.2) is 5.65 Å². The van der Waals surface area contributed by atoms with E-state index in [0.29, 0.717) is 32.8 Å². The number of aryl methyl sites for hydroxylation is 2. The van der Waals surface area contributed by atoms with Crippen LogP contribution in [0, 0.1) is 12.8 Å². The summed E-state index contributed by atoms with van der Waals surface area (Å²) in [4.78, 5) is 26.2. The third-order valence-electron chi connectivity index (χ3n) is 5.08. The first-order valence-electron chi connectivity index (χ1n) is 8.91. The van der Waals surface area contributed by atoms with Gasteiger partial charge in [-0.1, -0.05) is 0 Å². The maximum atomic E-state index is 12.9. The molecule has 0 aromatic carbocycles. The van der Waals surface area contributed by atoms with Crippen LogP contribution in [-0.2, 0) is 16.6 Å². The zero-order valence-electron chi connectivity index (χ0n) is 14.8. The molecule has 2 aliphatic heterocycles. The Bertz CT molecular complexity index is 783. The Morgan fingerprint density at radius 2 is 2.04 bits per heavy atom. The van der Waals surface area contributed by atoms with Gasteiger partial charge in [0.25, 0.3) is 0 Å². The second-order valence-corrected chi connectivity index (χ2v) is 6.82. The van der Waals surface area contributed by atoms with E-state index >= 15 is 0 Å². The number of carbonyl (C=O) groups is 1. The van der Waals surface area contributed by atoms with E-state index in [4.69, 9.17) is 4.74 Å². The molecule has 25 heavy (non-hydrogen) atoms. The molecular formula is C17H24N6O2. The molecule has 8 heteroatoms. The highest BCUT2D eigenvalue weighted by atomic mass is 16.5. The predicted molar refractivity (Wildman–Crippen MR) is 93.4 cm³/mol. The fourth-order valence-electron chi connectivity index (χ4n) is 3.77. The van der Waals surface area contributed by atoms with Crippen LogP contribution in [0.1, 0.15) is 18.7 Å². The number of piperidine rings is 1. The van der Waals surface area contributed by atoms with E-state index in [1.807, 2.05) is 25.1 Å². The molecule has 0 aliphatic carbocycles. The zero-order chi connectivity index (χ0) is 17.4. The van der Waals surface area contributed by atoms with Gasteiger partial charge < -0.3 is 14.5 Å². The zero-order valence-corrected chi connectivity index (χ0v) is 14.8. The number of ether oxygens (including phenoxy) is 1. The molecule has 1 amide bonds. The van der Waals surface area contributed by atoms with Crippen LogP contribution in [0.5, 0.6) is 0 Å². The minimum absolute atomic E-state index is 0.0221. The highest BCUT2D eigenvalue weighted by molar-refractivity contribution is 5.87. The number of hydrogen-bond donors (Lipinski definition) is 0. The lowest BCUT2D eigenvalue weighted by molar-refractivity contribution is -0.139. The van der Waals surface area contributed by atoms with E-state index < -0.39 is 0 Å². The van der Waals surface area contributed by atoms with E-state index in [9.17, 15) is 4.79 Å². The van der Waals surface area contributed by atoms with Crippen molar-refractivity contribution in [2.45, 2.75) is 19.8 Å². The molecule has 4 rings (SSSR count). The lowest BCUT2D eigenvalue weighted by Crippen LogP contribution is -2.48. The van der Waals surface area contributed by atoms with Crippen molar-refractivity contribution in [2.24, 2.45) is 13.0 Å². The summed E-state index contributed by atoms with van der Waals surface area (Å²) in [7, 11) is 1.89. The van der Waals surface area contributed by atoms with Crippen LogP contribution in [0.2, 0.25) is 0 Å². The van der Waals surface area contributed by atoms with Gasteiger partial charge in [0.05, 0.1) is 30.7 Å². The molecule has 1 atom stereocenters. The summed E-state index contributed by atoms with van der Waals surface area (Å²) < 4.78 is 7.13. The summed E-state index contributed by atoms with van der Waals surface area (Å²) in [6.07, 6.45) is 3.75. The van der Waals surface area contributed by atoms with Gasteiger partial charge in [-0.25, -0.2) is 9.97 Å². The molecule has 2 fully saturated rings. The molecule has 134 valence electrons. The van der Waals surface area contributed by atoms with Crippen LogP contribution >= 0.6 is 0 Å². The highest BCUT2D eigenvalue weighted by Gasteiger charge is 2.31. The quantitative estimate of drug-likeness (QED) is 0.800. The Morgan fingerprint density at radius 1 is 1.24 bits per heavy atom. The number of nitrogens with zero attached hydrogens (tertiary/aromatic N) is 6. The number of fused-ring (bicyclic) bond motifs is 1. The van der Waals surface area contributed by atoms with E-state index in [0.717, 1.165) is 42.1 Å². The first kappa shape index (κ1) is 16.3. The standard InChI is InChI=1S/C17H24N6O2/c1-12-19-15-14(10-18-21(15)2)16(20-12)23-5-3-4-13(11-23)17(24)22-6-8-25-9-7-22/h10,13H,3-9,11H2,1-2H3/t13-/m1/s1. The molecule has 0 N–H and O–H groups in total. The monoisotopic (exact) mass is 344 g/mol. The summed E-state index contributed by atoms with van der Waals surface area (Å²) in [5.74, 6) is 1.90. The second kappa shape index (κ2) is 6.59. The largest absolute Gasteiger partial charge is 0.378 e. The smallest absolute Gasteiger partial charge is 0.227 e. The topological polar surface area (TPSA) is 76.4 Å². The number of morpholine rings is 1. The van der Waals surface area contributed by atoms with Crippen LogP contribution in [0.4, 0.5) is 5.82 Å². The normalized spacial score (nSPS) is 21.8. The predicted octanol–water partition coefficient (Wildman–Crippen LogP) is 0.747. The van der Waals surface area contributed by atoms with Crippen LogP contribution in [0.3, 0.4) is 0 Å². The van der Waals surface area contributed by atoms with Gasteiger partial charge in [0.2, 0.25) is 5.91 Å². The van der Waals surface area contributed by atoms with E-state index in [-0.39, 0.29) is 11.8 Å². The molecule has 2 aromatic rings. The van der Waals surface area contributed by atoms with Crippen molar-refractivity contribution in [3.63, 3.8) is 0 Å².